The molecule has 0 spiro atoms. The van der Waals surface area contributed by atoms with Gasteiger partial charge in [0, 0.05) is 31.4 Å². The van der Waals surface area contributed by atoms with Crippen LogP contribution in [0, 0.1) is 12.8 Å². The molecular weight excluding hydrogens is 200 g/mol. The Labute approximate surface area is 97.1 Å². The van der Waals surface area contributed by atoms with Gasteiger partial charge in [-0.15, -0.1) is 0 Å². The number of anilines is 2. The Morgan fingerprint density at radius 2 is 2.38 bits per heavy atom. The van der Waals surface area contributed by atoms with Crippen LogP contribution >= 0.6 is 0 Å². The van der Waals surface area contributed by atoms with E-state index >= 15 is 0 Å². The van der Waals surface area contributed by atoms with Crippen molar-refractivity contribution in [1.82, 2.24) is 9.97 Å². The number of aryl methyl sites for hydroxylation is 1. The van der Waals surface area contributed by atoms with Crippen LogP contribution in [0.2, 0.25) is 0 Å². The van der Waals surface area contributed by atoms with Crippen molar-refractivity contribution in [2.45, 2.75) is 27.2 Å². The largest absolute Gasteiger partial charge is 0.356 e. The van der Waals surface area contributed by atoms with Crippen molar-refractivity contribution >= 4 is 11.8 Å². The molecule has 16 heavy (non-hydrogen) atoms. The van der Waals surface area contributed by atoms with Crippen LogP contribution in [0.15, 0.2) is 6.20 Å². The standard InChI is InChI=1S/C12H20N4/c1-4-13-12-14-7-10(3)11(15-12)16-6-5-9(2)8-16/h7,9H,4-6,8H2,1-3H3,(H,13,14,15). The minimum absolute atomic E-state index is 0.739. The van der Waals surface area contributed by atoms with E-state index in [1.165, 1.54) is 6.42 Å². The average Bonchev–Trinajstić information content (AvgIpc) is 2.68. The predicted molar refractivity (Wildman–Crippen MR) is 66.9 cm³/mol. The fourth-order valence-corrected chi connectivity index (χ4v) is 2.12. The topological polar surface area (TPSA) is 41.1 Å². The minimum Gasteiger partial charge on any atom is -0.356 e. The van der Waals surface area contributed by atoms with Crippen molar-refractivity contribution in [3.05, 3.63) is 11.8 Å². The smallest absolute Gasteiger partial charge is 0.224 e. The first-order valence-electron chi connectivity index (χ1n) is 6.03. The van der Waals surface area contributed by atoms with Gasteiger partial charge in [0.05, 0.1) is 0 Å². The molecule has 0 saturated carbocycles. The third-order valence-corrected chi connectivity index (χ3v) is 3.00. The first-order chi connectivity index (χ1) is 7.70. The number of aromatic nitrogens is 2. The summed E-state index contributed by atoms with van der Waals surface area (Å²) >= 11 is 0. The van der Waals surface area contributed by atoms with Crippen LogP contribution in [0.25, 0.3) is 0 Å². The van der Waals surface area contributed by atoms with Gasteiger partial charge in [-0.2, -0.15) is 4.98 Å². The molecule has 0 amide bonds. The lowest BCUT2D eigenvalue weighted by molar-refractivity contribution is 0.658. The first-order valence-corrected chi connectivity index (χ1v) is 6.03. The molecule has 88 valence electrons. The van der Waals surface area contributed by atoms with Gasteiger partial charge in [0.2, 0.25) is 5.95 Å². The molecule has 0 radical (unpaired) electrons. The summed E-state index contributed by atoms with van der Waals surface area (Å²) in [6.45, 7) is 9.52. The van der Waals surface area contributed by atoms with Crippen LogP contribution in [-0.4, -0.2) is 29.6 Å². The van der Waals surface area contributed by atoms with Crippen molar-refractivity contribution < 1.29 is 0 Å². The van der Waals surface area contributed by atoms with Gasteiger partial charge in [0.1, 0.15) is 5.82 Å². The summed E-state index contributed by atoms with van der Waals surface area (Å²) in [6.07, 6.45) is 3.17. The van der Waals surface area contributed by atoms with Crippen LogP contribution < -0.4 is 10.2 Å². The molecular formula is C12H20N4. The van der Waals surface area contributed by atoms with E-state index in [0.29, 0.717) is 0 Å². The Morgan fingerprint density at radius 1 is 1.56 bits per heavy atom. The van der Waals surface area contributed by atoms with Gasteiger partial charge >= 0.3 is 0 Å². The van der Waals surface area contributed by atoms with Crippen molar-refractivity contribution in [2.24, 2.45) is 5.92 Å². The van der Waals surface area contributed by atoms with Crippen molar-refractivity contribution in [2.75, 3.05) is 29.9 Å². The van der Waals surface area contributed by atoms with Gasteiger partial charge < -0.3 is 10.2 Å². The molecule has 1 fully saturated rings. The van der Waals surface area contributed by atoms with Crippen molar-refractivity contribution in [3.63, 3.8) is 0 Å². The van der Waals surface area contributed by atoms with Gasteiger partial charge in [-0.25, -0.2) is 4.98 Å². The first kappa shape index (κ1) is 11.2. The Hall–Kier alpha value is -1.32. The monoisotopic (exact) mass is 220 g/mol. The van der Waals surface area contributed by atoms with E-state index in [-0.39, 0.29) is 0 Å². The maximum absolute atomic E-state index is 4.58. The lowest BCUT2D eigenvalue weighted by Crippen LogP contribution is -2.22. The van der Waals surface area contributed by atoms with E-state index in [4.69, 9.17) is 0 Å². The van der Waals surface area contributed by atoms with Crippen molar-refractivity contribution in [1.29, 1.82) is 0 Å². The fraction of sp³-hybridized carbons (Fsp3) is 0.667. The summed E-state index contributed by atoms with van der Waals surface area (Å²) in [5.41, 5.74) is 1.16. The molecule has 4 heteroatoms. The highest BCUT2D eigenvalue weighted by Crippen LogP contribution is 2.24. The summed E-state index contributed by atoms with van der Waals surface area (Å²) in [5, 5.41) is 3.16. The number of hydrogen-bond donors (Lipinski definition) is 1. The Bertz CT molecular complexity index is 364. The Morgan fingerprint density at radius 3 is 3.00 bits per heavy atom. The second-order valence-corrected chi connectivity index (χ2v) is 4.57. The summed E-state index contributed by atoms with van der Waals surface area (Å²) in [5.74, 6) is 2.61. The molecule has 1 saturated heterocycles. The molecule has 2 heterocycles. The van der Waals surface area contributed by atoms with Gasteiger partial charge in [0.15, 0.2) is 0 Å². The summed E-state index contributed by atoms with van der Waals surface area (Å²) in [7, 11) is 0. The zero-order valence-corrected chi connectivity index (χ0v) is 10.3. The van der Waals surface area contributed by atoms with Crippen molar-refractivity contribution in [3.8, 4) is 0 Å². The summed E-state index contributed by atoms with van der Waals surface area (Å²) in [4.78, 5) is 11.2. The quantitative estimate of drug-likeness (QED) is 0.846. The number of hydrogen-bond acceptors (Lipinski definition) is 4. The fourth-order valence-electron chi connectivity index (χ4n) is 2.12. The minimum atomic E-state index is 0.739. The predicted octanol–water partition coefficient (Wildman–Crippen LogP) is 2.06. The van der Waals surface area contributed by atoms with E-state index < -0.39 is 0 Å². The summed E-state index contributed by atoms with van der Waals surface area (Å²) < 4.78 is 0. The molecule has 0 bridgehead atoms. The van der Waals surface area contributed by atoms with E-state index in [2.05, 4.69) is 41.0 Å². The molecule has 1 N–H and O–H groups in total. The molecule has 2 rings (SSSR count). The maximum atomic E-state index is 4.58. The maximum Gasteiger partial charge on any atom is 0.224 e. The Balaban J connectivity index is 2.21. The van der Waals surface area contributed by atoms with Crippen LogP contribution in [0.1, 0.15) is 25.8 Å². The molecule has 1 aliphatic rings. The molecule has 1 aromatic rings. The number of rotatable bonds is 3. The van der Waals surface area contributed by atoms with Crippen LogP contribution in [0.4, 0.5) is 11.8 Å². The molecule has 1 aliphatic heterocycles. The second-order valence-electron chi connectivity index (χ2n) is 4.57. The van der Waals surface area contributed by atoms with Crippen LogP contribution in [0.3, 0.4) is 0 Å². The zero-order chi connectivity index (χ0) is 11.5. The van der Waals surface area contributed by atoms with Gasteiger partial charge in [0.25, 0.3) is 0 Å². The van der Waals surface area contributed by atoms with Crippen LogP contribution in [-0.2, 0) is 0 Å². The molecule has 1 atom stereocenters. The highest BCUT2D eigenvalue weighted by Gasteiger charge is 2.21. The molecule has 1 unspecified atom stereocenters. The highest BCUT2D eigenvalue weighted by molar-refractivity contribution is 5.49. The zero-order valence-electron chi connectivity index (χ0n) is 10.3. The lowest BCUT2D eigenvalue weighted by Gasteiger charge is -2.19. The van der Waals surface area contributed by atoms with E-state index in [0.717, 1.165) is 42.9 Å². The van der Waals surface area contributed by atoms with Gasteiger partial charge in [-0.3, -0.25) is 0 Å². The third kappa shape index (κ3) is 2.26. The van der Waals surface area contributed by atoms with Crippen LogP contribution in [0.5, 0.6) is 0 Å². The van der Waals surface area contributed by atoms with E-state index in [1.54, 1.807) is 0 Å². The molecule has 4 nitrogen and oxygen atoms in total. The Kier molecular flexibility index (Phi) is 3.27. The summed E-state index contributed by atoms with van der Waals surface area (Å²) in [6, 6.07) is 0. The third-order valence-electron chi connectivity index (χ3n) is 3.00. The van der Waals surface area contributed by atoms with E-state index in [9.17, 15) is 0 Å². The highest BCUT2D eigenvalue weighted by atomic mass is 15.2. The molecule has 1 aromatic heterocycles. The van der Waals surface area contributed by atoms with Gasteiger partial charge in [-0.1, -0.05) is 6.92 Å². The molecule has 0 aliphatic carbocycles. The number of nitrogens with one attached hydrogen (secondary N) is 1. The SMILES string of the molecule is CCNc1ncc(C)c(N2CCC(C)C2)n1. The lowest BCUT2D eigenvalue weighted by atomic mass is 10.2. The molecule has 0 aromatic carbocycles. The number of nitrogens with zero attached hydrogens (tertiary/aromatic N) is 3. The van der Waals surface area contributed by atoms with E-state index in [1.807, 2.05) is 6.20 Å². The normalized spacial score (nSPS) is 20.2. The second kappa shape index (κ2) is 4.68. The average molecular weight is 220 g/mol. The van der Waals surface area contributed by atoms with Gasteiger partial charge in [-0.05, 0) is 26.2 Å².